The molecule has 1 aromatic carbocycles. The zero-order chi connectivity index (χ0) is 26.6. The first-order chi connectivity index (χ1) is 17.7. The summed E-state index contributed by atoms with van der Waals surface area (Å²) in [6, 6.07) is 11.6. The number of aryl methyl sites for hydroxylation is 1. The van der Waals surface area contributed by atoms with Crippen LogP contribution in [0.4, 0.5) is 0 Å². The molecule has 1 fully saturated rings. The Hall–Kier alpha value is -2.65. The third-order valence-corrected chi connectivity index (χ3v) is 10.0. The molecule has 0 saturated heterocycles. The maximum absolute atomic E-state index is 13.4. The van der Waals surface area contributed by atoms with E-state index in [0.29, 0.717) is 31.4 Å². The molecule has 4 rings (SSSR count). The predicted octanol–water partition coefficient (Wildman–Crippen LogP) is 5.07. The second-order valence-corrected chi connectivity index (χ2v) is 13.2. The van der Waals surface area contributed by atoms with Gasteiger partial charge in [-0.2, -0.15) is 0 Å². The first kappa shape index (κ1) is 27.4. The van der Waals surface area contributed by atoms with Crippen molar-refractivity contribution in [3.8, 4) is 5.75 Å². The van der Waals surface area contributed by atoms with Crippen molar-refractivity contribution in [3.63, 3.8) is 0 Å². The zero-order valence-corrected chi connectivity index (χ0v) is 23.4. The molecule has 1 atom stereocenters. The van der Waals surface area contributed by atoms with Gasteiger partial charge in [0.25, 0.3) is 11.8 Å². The fourth-order valence-corrected chi connectivity index (χ4v) is 6.85. The molecule has 0 spiro atoms. The van der Waals surface area contributed by atoms with E-state index < -0.39 is 32.6 Å². The van der Waals surface area contributed by atoms with E-state index in [0.717, 1.165) is 40.3 Å². The Bertz CT molecular complexity index is 1280. The van der Waals surface area contributed by atoms with Gasteiger partial charge in [-0.3, -0.25) is 9.59 Å². The Labute approximate surface area is 223 Å². The third-order valence-electron chi connectivity index (χ3n) is 6.94. The molecule has 37 heavy (non-hydrogen) atoms. The first-order valence-electron chi connectivity index (χ1n) is 13.1. The van der Waals surface area contributed by atoms with Crippen molar-refractivity contribution in [2.75, 3.05) is 6.61 Å². The number of thiophene rings is 1. The number of sulfonamides is 1. The first-order valence-corrected chi connectivity index (χ1v) is 15.5. The molecule has 2 amide bonds. The lowest BCUT2D eigenvalue weighted by atomic mass is 9.80. The third kappa shape index (κ3) is 6.44. The van der Waals surface area contributed by atoms with E-state index in [4.69, 9.17) is 4.74 Å². The van der Waals surface area contributed by atoms with Crippen molar-refractivity contribution >= 4 is 38.7 Å². The number of ether oxygens (including phenoxy) is 1. The van der Waals surface area contributed by atoms with Gasteiger partial charge in [-0.25, -0.2) is 13.1 Å². The van der Waals surface area contributed by atoms with E-state index in [9.17, 15) is 18.0 Å². The number of carbonyl (C=O) groups excluding carboxylic acids is 2. The molecule has 1 aliphatic heterocycles. The lowest BCUT2D eigenvalue weighted by Crippen LogP contribution is -2.50. The summed E-state index contributed by atoms with van der Waals surface area (Å²) in [7, 11) is -3.79. The average Bonchev–Trinajstić information content (AvgIpc) is 3.62. The lowest BCUT2D eigenvalue weighted by molar-refractivity contribution is -0.124. The molecule has 1 saturated carbocycles. The zero-order valence-electron chi connectivity index (χ0n) is 21.8. The highest BCUT2D eigenvalue weighted by Gasteiger charge is 2.43. The van der Waals surface area contributed by atoms with Crippen molar-refractivity contribution in [1.82, 2.24) is 10.0 Å². The van der Waals surface area contributed by atoms with E-state index in [1.165, 1.54) is 24.2 Å². The predicted molar refractivity (Wildman–Crippen MR) is 147 cm³/mol. The summed E-state index contributed by atoms with van der Waals surface area (Å²) in [5, 5.41) is 2.43. The number of carbonyl (C=O) groups is 2. The molecule has 9 heteroatoms. The van der Waals surface area contributed by atoms with Crippen LogP contribution in [0.25, 0.3) is 5.57 Å². The Morgan fingerprint density at radius 3 is 2.46 bits per heavy atom. The van der Waals surface area contributed by atoms with E-state index in [1.807, 2.05) is 50.2 Å². The van der Waals surface area contributed by atoms with Crippen molar-refractivity contribution < 1.29 is 22.7 Å². The molecule has 1 unspecified atom stereocenters. The van der Waals surface area contributed by atoms with Gasteiger partial charge in [-0.15, -0.1) is 11.3 Å². The number of rotatable bonds is 12. The van der Waals surface area contributed by atoms with Crippen LogP contribution in [-0.4, -0.2) is 32.1 Å². The largest absolute Gasteiger partial charge is 0.494 e. The molecule has 7 nitrogen and oxygen atoms in total. The van der Waals surface area contributed by atoms with Gasteiger partial charge >= 0.3 is 0 Å². The summed E-state index contributed by atoms with van der Waals surface area (Å²) in [6.07, 6.45) is 6.79. The molecule has 2 aliphatic rings. The Kier molecular flexibility index (Phi) is 8.43. The van der Waals surface area contributed by atoms with Gasteiger partial charge in [0.1, 0.15) is 11.3 Å². The summed E-state index contributed by atoms with van der Waals surface area (Å²) in [5.41, 5.74) is 0.546. The number of benzene rings is 1. The van der Waals surface area contributed by atoms with Crippen LogP contribution in [0.1, 0.15) is 81.0 Å². The number of hydrogen-bond donors (Lipinski definition) is 2. The van der Waals surface area contributed by atoms with Gasteiger partial charge < -0.3 is 10.1 Å². The molecular weight excluding hydrogens is 508 g/mol. The highest BCUT2D eigenvalue weighted by Crippen LogP contribution is 2.41. The lowest BCUT2D eigenvalue weighted by Gasteiger charge is -2.37. The minimum atomic E-state index is -3.79. The molecule has 2 aromatic rings. The van der Waals surface area contributed by atoms with E-state index in [1.54, 1.807) is 0 Å². The second-order valence-electron chi connectivity index (χ2n) is 10.0. The van der Waals surface area contributed by atoms with Crippen molar-refractivity contribution in [3.05, 3.63) is 57.3 Å². The molecule has 1 aromatic heterocycles. The monoisotopic (exact) mass is 544 g/mol. The Morgan fingerprint density at radius 2 is 1.84 bits per heavy atom. The van der Waals surface area contributed by atoms with Crippen molar-refractivity contribution in [2.45, 2.75) is 82.9 Å². The average molecular weight is 545 g/mol. The molecule has 1 aliphatic carbocycles. The van der Waals surface area contributed by atoms with Crippen molar-refractivity contribution in [2.24, 2.45) is 0 Å². The van der Waals surface area contributed by atoms with Crippen LogP contribution in [0.2, 0.25) is 0 Å². The molecule has 0 radical (unpaired) electrons. The van der Waals surface area contributed by atoms with E-state index >= 15 is 0 Å². The fourth-order valence-electron chi connectivity index (χ4n) is 4.57. The summed E-state index contributed by atoms with van der Waals surface area (Å²) < 4.78 is 32.9. The van der Waals surface area contributed by atoms with Gasteiger partial charge in [0.05, 0.1) is 17.4 Å². The van der Waals surface area contributed by atoms with Crippen LogP contribution in [0, 0.1) is 0 Å². The van der Waals surface area contributed by atoms with Crippen LogP contribution in [0.5, 0.6) is 5.75 Å². The maximum Gasteiger partial charge on any atom is 0.270 e. The number of hydrogen-bond acceptors (Lipinski definition) is 6. The van der Waals surface area contributed by atoms with Gasteiger partial charge in [0.15, 0.2) is 0 Å². The highest BCUT2D eigenvalue weighted by molar-refractivity contribution is 7.91. The maximum atomic E-state index is 13.4. The SMILES string of the molecule is CCCCCCOc1ccc(C2(C)CC(c3ccc(CC)s3)=C(C(=O)NS(=O)(=O)C3CC3)C(=O)N2)cc1. The Balaban J connectivity index is 1.60. The van der Waals surface area contributed by atoms with Crippen LogP contribution in [0.3, 0.4) is 0 Å². The summed E-state index contributed by atoms with van der Waals surface area (Å²) in [5.74, 6) is -0.660. The summed E-state index contributed by atoms with van der Waals surface area (Å²) in [4.78, 5) is 28.5. The Morgan fingerprint density at radius 1 is 1.11 bits per heavy atom. The fraction of sp³-hybridized carbons (Fsp3) is 0.500. The number of unbranched alkanes of at least 4 members (excludes halogenated alkanes) is 3. The topological polar surface area (TPSA) is 102 Å². The smallest absolute Gasteiger partial charge is 0.270 e. The standard InChI is InChI=1S/C28H36N2O5S2/c1-4-6-7-8-17-35-20-11-9-19(10-12-20)28(3)18-23(24-16-13-21(5-2)36-24)25(26(31)29-28)27(32)30-37(33,34)22-14-15-22/h9-13,16,22H,4-8,14-15,17-18H2,1-3H3,(H,29,31)(H,30,32). The minimum Gasteiger partial charge on any atom is -0.494 e. The van der Waals surface area contributed by atoms with Crippen LogP contribution in [0.15, 0.2) is 42.0 Å². The molecule has 200 valence electrons. The van der Waals surface area contributed by atoms with Crippen molar-refractivity contribution in [1.29, 1.82) is 0 Å². The minimum absolute atomic E-state index is 0.127. The second kappa shape index (κ2) is 11.4. The van der Waals surface area contributed by atoms with Crippen LogP contribution >= 0.6 is 11.3 Å². The molecule has 0 bridgehead atoms. The van der Waals surface area contributed by atoms with Crippen LogP contribution in [-0.2, 0) is 31.6 Å². The van der Waals surface area contributed by atoms with Gasteiger partial charge in [0, 0.05) is 16.2 Å². The van der Waals surface area contributed by atoms with E-state index in [2.05, 4.69) is 17.0 Å². The van der Waals surface area contributed by atoms with Crippen LogP contribution < -0.4 is 14.8 Å². The molecular formula is C28H36N2O5S2. The highest BCUT2D eigenvalue weighted by atomic mass is 32.2. The molecule has 2 N–H and O–H groups in total. The summed E-state index contributed by atoms with van der Waals surface area (Å²) in [6.45, 7) is 6.82. The van der Waals surface area contributed by atoms with Gasteiger partial charge in [-0.05, 0) is 68.0 Å². The quantitative estimate of drug-likeness (QED) is 0.287. The number of nitrogens with one attached hydrogen (secondary N) is 2. The van der Waals surface area contributed by atoms with Gasteiger partial charge in [0.2, 0.25) is 10.0 Å². The summed E-state index contributed by atoms with van der Waals surface area (Å²) >= 11 is 1.52. The normalized spacial score (nSPS) is 20.0. The number of amides is 2. The van der Waals surface area contributed by atoms with E-state index in [-0.39, 0.29) is 5.57 Å². The molecule has 2 heterocycles. The van der Waals surface area contributed by atoms with Gasteiger partial charge in [-0.1, -0.05) is 45.2 Å².